The molecule has 0 unspecified atom stereocenters. The molecular formula is C22H30O2. The van der Waals surface area contributed by atoms with Crippen LogP contribution < -0.4 is 4.74 Å². The van der Waals surface area contributed by atoms with Crippen LogP contribution >= 0.6 is 0 Å². The van der Waals surface area contributed by atoms with Crippen molar-refractivity contribution in [2.75, 3.05) is 7.11 Å². The van der Waals surface area contributed by atoms with Gasteiger partial charge in [0, 0.05) is 11.8 Å². The molecule has 0 bridgehead atoms. The van der Waals surface area contributed by atoms with Crippen LogP contribution in [0.1, 0.15) is 69.4 Å². The van der Waals surface area contributed by atoms with Gasteiger partial charge in [0.05, 0.1) is 7.11 Å². The number of hydrogen-bond donors (Lipinski definition) is 0. The van der Waals surface area contributed by atoms with Crippen LogP contribution in [0.5, 0.6) is 5.75 Å². The van der Waals surface area contributed by atoms with E-state index in [9.17, 15) is 4.79 Å². The summed E-state index contributed by atoms with van der Waals surface area (Å²) in [5.41, 5.74) is 2.99. The Morgan fingerprint density at radius 3 is 2.88 bits per heavy atom. The highest BCUT2D eigenvalue weighted by atomic mass is 16.5. The summed E-state index contributed by atoms with van der Waals surface area (Å²) in [5, 5.41) is 0. The summed E-state index contributed by atoms with van der Waals surface area (Å²) >= 11 is 0. The van der Waals surface area contributed by atoms with E-state index in [-0.39, 0.29) is 5.41 Å². The molecule has 2 nitrogen and oxygen atoms in total. The number of carbonyl (C=O) groups is 1. The molecule has 2 saturated carbocycles. The Hall–Kier alpha value is -1.31. The summed E-state index contributed by atoms with van der Waals surface area (Å²) < 4.78 is 5.42. The van der Waals surface area contributed by atoms with Crippen LogP contribution in [0.3, 0.4) is 0 Å². The number of fused-ring (bicyclic) bond motifs is 5. The molecule has 0 aromatic heterocycles. The minimum atomic E-state index is -0.0367. The summed E-state index contributed by atoms with van der Waals surface area (Å²) in [6, 6.07) is 6.67. The fourth-order valence-electron chi connectivity index (χ4n) is 6.38. The van der Waals surface area contributed by atoms with Gasteiger partial charge >= 0.3 is 0 Å². The molecule has 24 heavy (non-hydrogen) atoms. The van der Waals surface area contributed by atoms with Crippen molar-refractivity contribution < 1.29 is 9.53 Å². The lowest BCUT2D eigenvalue weighted by Crippen LogP contribution is -2.44. The van der Waals surface area contributed by atoms with Crippen LogP contribution in [0.4, 0.5) is 0 Å². The number of aryl methyl sites for hydroxylation is 1. The Morgan fingerprint density at radius 2 is 2.12 bits per heavy atom. The zero-order valence-electron chi connectivity index (χ0n) is 15.3. The second-order valence-electron chi connectivity index (χ2n) is 8.53. The van der Waals surface area contributed by atoms with Crippen LogP contribution in [0.2, 0.25) is 0 Å². The molecule has 0 saturated heterocycles. The van der Waals surface area contributed by atoms with Crippen LogP contribution in [-0.2, 0) is 11.2 Å². The lowest BCUT2D eigenvalue weighted by Gasteiger charge is -2.50. The molecule has 3 aliphatic carbocycles. The molecule has 1 aromatic carbocycles. The molecule has 1 aromatic rings. The summed E-state index contributed by atoms with van der Waals surface area (Å²) in [5.74, 6) is 4.13. The third-order valence-electron chi connectivity index (χ3n) is 7.44. The molecule has 2 fully saturated rings. The van der Waals surface area contributed by atoms with Gasteiger partial charge in [-0.25, -0.2) is 0 Å². The van der Waals surface area contributed by atoms with Gasteiger partial charge in [-0.1, -0.05) is 26.3 Å². The average molecular weight is 326 g/mol. The molecule has 0 heterocycles. The van der Waals surface area contributed by atoms with E-state index in [1.807, 2.05) is 0 Å². The van der Waals surface area contributed by atoms with Crippen LogP contribution in [0.15, 0.2) is 18.2 Å². The largest absolute Gasteiger partial charge is 0.497 e. The highest BCUT2D eigenvalue weighted by molar-refractivity contribution is 5.87. The molecule has 0 amide bonds. The first-order valence-electron chi connectivity index (χ1n) is 9.78. The van der Waals surface area contributed by atoms with E-state index in [1.54, 1.807) is 12.7 Å². The molecule has 130 valence electrons. The third kappa shape index (κ3) is 2.25. The average Bonchev–Trinajstić information content (AvgIpc) is 2.85. The first kappa shape index (κ1) is 16.2. The maximum atomic E-state index is 12.8. The summed E-state index contributed by atoms with van der Waals surface area (Å²) in [7, 11) is 1.75. The number of Topliss-reactive ketones (excluding diaryl/α,β-unsaturated/α-hetero) is 1. The van der Waals surface area contributed by atoms with E-state index >= 15 is 0 Å². The first-order valence-corrected chi connectivity index (χ1v) is 9.78. The second kappa shape index (κ2) is 5.89. The number of hydrogen-bond acceptors (Lipinski definition) is 2. The number of ether oxygens (including phenoxy) is 1. The lowest BCUT2D eigenvalue weighted by molar-refractivity contribution is -0.129. The van der Waals surface area contributed by atoms with Gasteiger partial charge in [0.2, 0.25) is 0 Å². The molecule has 5 atom stereocenters. The molecular weight excluding hydrogens is 296 g/mol. The number of benzene rings is 1. The van der Waals surface area contributed by atoms with Crippen molar-refractivity contribution in [3.05, 3.63) is 29.3 Å². The van der Waals surface area contributed by atoms with Crippen molar-refractivity contribution >= 4 is 5.78 Å². The Bertz CT molecular complexity index is 649. The second-order valence-corrected chi connectivity index (χ2v) is 8.53. The van der Waals surface area contributed by atoms with Gasteiger partial charge in [-0.15, -0.1) is 0 Å². The Balaban J connectivity index is 1.70. The van der Waals surface area contributed by atoms with Crippen molar-refractivity contribution in [2.45, 2.75) is 64.7 Å². The fourth-order valence-corrected chi connectivity index (χ4v) is 6.38. The molecule has 0 N–H and O–H groups in total. The van der Waals surface area contributed by atoms with Crippen LogP contribution in [0.25, 0.3) is 0 Å². The fraction of sp³-hybridized carbons (Fsp3) is 0.682. The Kier molecular flexibility index (Phi) is 3.97. The normalized spacial score (nSPS) is 37.5. The molecule has 0 aliphatic heterocycles. The van der Waals surface area contributed by atoms with Gasteiger partial charge in [-0.05, 0) is 79.0 Å². The summed E-state index contributed by atoms with van der Waals surface area (Å²) in [6.07, 6.45) is 7.94. The Morgan fingerprint density at radius 1 is 1.29 bits per heavy atom. The van der Waals surface area contributed by atoms with Crippen molar-refractivity contribution in [3.8, 4) is 5.75 Å². The third-order valence-corrected chi connectivity index (χ3v) is 7.44. The number of rotatable bonds is 3. The number of methoxy groups -OCH3 is 1. The van der Waals surface area contributed by atoms with Gasteiger partial charge in [0.1, 0.15) is 11.5 Å². The van der Waals surface area contributed by atoms with Gasteiger partial charge in [-0.2, -0.15) is 0 Å². The quantitative estimate of drug-likeness (QED) is 0.768. The predicted molar refractivity (Wildman–Crippen MR) is 96.4 cm³/mol. The predicted octanol–water partition coefficient (Wildman–Crippen LogP) is 5.15. The summed E-state index contributed by atoms with van der Waals surface area (Å²) in [4.78, 5) is 12.8. The van der Waals surface area contributed by atoms with Gasteiger partial charge < -0.3 is 4.74 Å². The number of carbonyl (C=O) groups excluding carboxylic acids is 1. The SMILES string of the molecule is CCC[C@H]1CC(=O)[C@@]2(C)CC[C@@H]3c4ccc(OC)cc4CC[C@H]3[C@H]12. The lowest BCUT2D eigenvalue weighted by atomic mass is 9.54. The maximum absolute atomic E-state index is 12.8. The first-order chi connectivity index (χ1) is 11.6. The minimum Gasteiger partial charge on any atom is -0.497 e. The summed E-state index contributed by atoms with van der Waals surface area (Å²) in [6.45, 7) is 4.55. The molecule has 4 rings (SSSR count). The van der Waals surface area contributed by atoms with Gasteiger partial charge in [-0.3, -0.25) is 4.79 Å². The smallest absolute Gasteiger partial charge is 0.139 e. The number of ketones is 1. The van der Waals surface area contributed by atoms with Crippen molar-refractivity contribution in [2.24, 2.45) is 23.2 Å². The van der Waals surface area contributed by atoms with Crippen molar-refractivity contribution in [1.82, 2.24) is 0 Å². The molecule has 0 radical (unpaired) electrons. The van der Waals surface area contributed by atoms with E-state index in [1.165, 1.54) is 31.2 Å². The Labute approximate surface area is 146 Å². The van der Waals surface area contributed by atoms with Crippen molar-refractivity contribution in [3.63, 3.8) is 0 Å². The van der Waals surface area contributed by atoms with E-state index in [2.05, 4.69) is 32.0 Å². The van der Waals surface area contributed by atoms with Gasteiger partial charge in [0.25, 0.3) is 0 Å². The van der Waals surface area contributed by atoms with E-state index < -0.39 is 0 Å². The van der Waals surface area contributed by atoms with E-state index in [4.69, 9.17) is 4.74 Å². The molecule has 2 heteroatoms. The zero-order chi connectivity index (χ0) is 16.9. The monoisotopic (exact) mass is 326 g/mol. The topological polar surface area (TPSA) is 26.3 Å². The van der Waals surface area contributed by atoms with Crippen LogP contribution in [0, 0.1) is 23.2 Å². The standard InChI is InChI=1S/C22H30O2/c1-4-5-15-13-20(23)22(2)11-10-18-17-9-7-16(24-3)12-14(17)6-8-19(18)21(15)22/h7,9,12,15,18-19,21H,4-6,8,10-11,13H2,1-3H3/t15-,18+,19+,21-,22+/m0/s1. The van der Waals surface area contributed by atoms with Gasteiger partial charge in [0.15, 0.2) is 0 Å². The highest BCUT2D eigenvalue weighted by Crippen LogP contribution is 2.62. The molecule has 3 aliphatic rings. The minimum absolute atomic E-state index is 0.0367. The van der Waals surface area contributed by atoms with E-state index in [0.717, 1.165) is 25.0 Å². The van der Waals surface area contributed by atoms with Crippen LogP contribution in [-0.4, -0.2) is 12.9 Å². The maximum Gasteiger partial charge on any atom is 0.139 e. The zero-order valence-corrected chi connectivity index (χ0v) is 15.3. The van der Waals surface area contributed by atoms with Crippen molar-refractivity contribution in [1.29, 1.82) is 0 Å². The highest BCUT2D eigenvalue weighted by Gasteiger charge is 2.58. The van der Waals surface area contributed by atoms with E-state index in [0.29, 0.717) is 29.5 Å². The molecule has 0 spiro atoms.